The maximum Gasteiger partial charge on any atom is 0.115 e. The molecule has 0 fully saturated rings. The Morgan fingerprint density at radius 3 is 2.44 bits per heavy atom. The highest BCUT2D eigenvalue weighted by Crippen LogP contribution is 2.34. The fourth-order valence-corrected chi connectivity index (χ4v) is 2.55. The van der Waals surface area contributed by atoms with Crippen LogP contribution in [0.3, 0.4) is 0 Å². The molecule has 4 rings (SSSR count). The summed E-state index contributed by atoms with van der Waals surface area (Å²) >= 11 is 0. The van der Waals surface area contributed by atoms with Gasteiger partial charge in [0.25, 0.3) is 0 Å². The largest absolute Gasteiger partial charge is 0.341 e. The van der Waals surface area contributed by atoms with Crippen LogP contribution in [0.4, 0.5) is 5.69 Å². The number of benzene rings is 2. The Bertz CT molecular complexity index is 747. The van der Waals surface area contributed by atoms with E-state index in [0.29, 0.717) is 0 Å². The van der Waals surface area contributed by atoms with Gasteiger partial charge in [-0.1, -0.05) is 30.3 Å². The molecular weight excluding hydrogens is 220 g/mol. The maximum absolute atomic E-state index is 3.49. The first kappa shape index (κ1) is 9.54. The summed E-state index contributed by atoms with van der Waals surface area (Å²) in [5.41, 5.74) is 2.44. The molecule has 1 N–H and O–H groups in total. The smallest absolute Gasteiger partial charge is 0.115 e. The van der Waals surface area contributed by atoms with Crippen LogP contribution in [-0.4, -0.2) is 4.57 Å². The van der Waals surface area contributed by atoms with Crippen molar-refractivity contribution in [2.24, 2.45) is 0 Å². The summed E-state index contributed by atoms with van der Waals surface area (Å²) in [6, 6.07) is 16.9. The molecule has 0 amide bonds. The summed E-state index contributed by atoms with van der Waals surface area (Å²) in [5, 5.41) is 6.07. The Morgan fingerprint density at radius 2 is 1.61 bits per heavy atom. The first-order chi connectivity index (χ1) is 8.92. The Kier molecular flexibility index (Phi) is 1.86. The summed E-state index contributed by atoms with van der Waals surface area (Å²) < 4.78 is 2.09. The Hall–Kier alpha value is -2.48. The van der Waals surface area contributed by atoms with Crippen molar-refractivity contribution < 1.29 is 0 Å². The second kappa shape index (κ2) is 3.50. The van der Waals surface area contributed by atoms with Crippen LogP contribution in [0, 0.1) is 0 Å². The molecule has 1 aliphatic rings. The molecule has 0 spiro atoms. The van der Waals surface area contributed by atoms with E-state index in [4.69, 9.17) is 0 Å². The number of rotatable bonds is 1. The van der Waals surface area contributed by atoms with Crippen molar-refractivity contribution in [3.05, 3.63) is 66.5 Å². The van der Waals surface area contributed by atoms with Crippen LogP contribution in [0.25, 0.3) is 22.7 Å². The number of nitrogens with one attached hydrogen (secondary N) is 1. The molecule has 2 nitrogen and oxygen atoms in total. The van der Waals surface area contributed by atoms with Crippen molar-refractivity contribution in [3.63, 3.8) is 0 Å². The van der Waals surface area contributed by atoms with Crippen molar-refractivity contribution in [2.75, 3.05) is 5.32 Å². The molecule has 0 bridgehead atoms. The second-order valence-electron chi connectivity index (χ2n) is 4.50. The Morgan fingerprint density at radius 1 is 0.833 bits per heavy atom. The van der Waals surface area contributed by atoms with Gasteiger partial charge in [-0.05, 0) is 35.2 Å². The number of nitrogens with zero attached hydrogens (tertiary/aromatic N) is 1. The van der Waals surface area contributed by atoms with E-state index in [1.807, 2.05) is 24.5 Å². The molecule has 0 aliphatic carbocycles. The lowest BCUT2D eigenvalue weighted by Crippen LogP contribution is -2.08. The lowest BCUT2D eigenvalue weighted by atomic mass is 10.00. The summed E-state index contributed by atoms with van der Waals surface area (Å²) in [4.78, 5) is 0. The molecule has 3 aromatic rings. The van der Waals surface area contributed by atoms with Gasteiger partial charge in [0.05, 0.1) is 0 Å². The highest BCUT2D eigenvalue weighted by atomic mass is 15.1. The summed E-state index contributed by atoms with van der Waals surface area (Å²) in [6.45, 7) is 0. The van der Waals surface area contributed by atoms with E-state index in [9.17, 15) is 0 Å². The highest BCUT2D eigenvalue weighted by Gasteiger charge is 2.12. The molecule has 86 valence electrons. The van der Waals surface area contributed by atoms with Gasteiger partial charge in [-0.3, -0.25) is 0 Å². The zero-order valence-corrected chi connectivity index (χ0v) is 9.80. The van der Waals surface area contributed by atoms with Crippen molar-refractivity contribution in [3.8, 4) is 0 Å². The molecule has 2 heterocycles. The minimum atomic E-state index is 1.09. The van der Waals surface area contributed by atoms with Crippen molar-refractivity contribution in [1.29, 1.82) is 0 Å². The van der Waals surface area contributed by atoms with Crippen LogP contribution in [0.5, 0.6) is 0 Å². The predicted octanol–water partition coefficient (Wildman–Crippen LogP) is 4.02. The zero-order chi connectivity index (χ0) is 11.9. The molecular formula is C16H12N2. The zero-order valence-electron chi connectivity index (χ0n) is 9.80. The molecule has 0 radical (unpaired) electrons. The third kappa shape index (κ3) is 1.29. The molecule has 2 aromatic carbocycles. The third-order valence-electron chi connectivity index (χ3n) is 3.37. The van der Waals surface area contributed by atoms with E-state index in [2.05, 4.69) is 52.4 Å². The summed E-state index contributed by atoms with van der Waals surface area (Å²) in [6.07, 6.45) is 6.29. The minimum Gasteiger partial charge on any atom is -0.341 e. The van der Waals surface area contributed by atoms with E-state index in [1.54, 1.807) is 0 Å². The van der Waals surface area contributed by atoms with E-state index in [1.165, 1.54) is 22.0 Å². The van der Waals surface area contributed by atoms with Gasteiger partial charge >= 0.3 is 0 Å². The van der Waals surface area contributed by atoms with E-state index in [-0.39, 0.29) is 0 Å². The fraction of sp³-hybridized carbons (Fsp3) is 0. The standard InChI is InChI=1S/C16H12N2/c1-2-10-18(9-1)15-11-13-7-3-5-12-6-4-8-14(17-15)16(12)13/h1-11,17H. The molecule has 0 saturated heterocycles. The minimum absolute atomic E-state index is 1.09. The second-order valence-corrected chi connectivity index (χ2v) is 4.50. The molecule has 0 saturated carbocycles. The van der Waals surface area contributed by atoms with Crippen LogP contribution in [0.15, 0.2) is 60.9 Å². The van der Waals surface area contributed by atoms with Crippen LogP contribution in [-0.2, 0) is 0 Å². The molecule has 0 atom stereocenters. The topological polar surface area (TPSA) is 17.0 Å². The highest BCUT2D eigenvalue weighted by molar-refractivity contribution is 6.07. The normalized spacial score (nSPS) is 13.2. The van der Waals surface area contributed by atoms with Gasteiger partial charge < -0.3 is 9.88 Å². The first-order valence-corrected chi connectivity index (χ1v) is 6.06. The molecule has 18 heavy (non-hydrogen) atoms. The maximum atomic E-state index is 3.49. The predicted molar refractivity (Wildman–Crippen MR) is 76.2 cm³/mol. The molecule has 0 unspecified atom stereocenters. The third-order valence-corrected chi connectivity index (χ3v) is 3.37. The number of anilines is 1. The monoisotopic (exact) mass is 232 g/mol. The van der Waals surface area contributed by atoms with Gasteiger partial charge in [0, 0.05) is 23.5 Å². The quantitative estimate of drug-likeness (QED) is 0.670. The number of hydrogen-bond acceptors (Lipinski definition) is 1. The van der Waals surface area contributed by atoms with Gasteiger partial charge in [0.2, 0.25) is 0 Å². The van der Waals surface area contributed by atoms with E-state index < -0.39 is 0 Å². The molecule has 1 aromatic heterocycles. The van der Waals surface area contributed by atoms with Crippen LogP contribution < -0.4 is 5.32 Å². The lowest BCUT2D eigenvalue weighted by molar-refractivity contribution is 1.11. The van der Waals surface area contributed by atoms with Gasteiger partial charge in [0.1, 0.15) is 5.82 Å². The number of hydrogen-bond donors (Lipinski definition) is 1. The Labute approximate surface area is 105 Å². The molecule has 1 aliphatic heterocycles. The average Bonchev–Trinajstić information content (AvgIpc) is 2.93. The first-order valence-electron chi connectivity index (χ1n) is 6.06. The fourth-order valence-electron chi connectivity index (χ4n) is 2.55. The van der Waals surface area contributed by atoms with Crippen molar-refractivity contribution in [1.82, 2.24) is 4.57 Å². The van der Waals surface area contributed by atoms with Crippen molar-refractivity contribution >= 4 is 28.4 Å². The van der Waals surface area contributed by atoms with Crippen LogP contribution in [0.2, 0.25) is 0 Å². The lowest BCUT2D eigenvalue weighted by Gasteiger charge is -2.20. The van der Waals surface area contributed by atoms with Gasteiger partial charge in [0.15, 0.2) is 0 Å². The van der Waals surface area contributed by atoms with Crippen LogP contribution >= 0.6 is 0 Å². The summed E-state index contributed by atoms with van der Waals surface area (Å²) in [7, 11) is 0. The van der Waals surface area contributed by atoms with Gasteiger partial charge in [-0.15, -0.1) is 0 Å². The SMILES string of the molecule is C1=C(n2cccc2)Nc2cccc3cccc1c23. The van der Waals surface area contributed by atoms with E-state index >= 15 is 0 Å². The van der Waals surface area contributed by atoms with Gasteiger partial charge in [-0.25, -0.2) is 0 Å². The average molecular weight is 232 g/mol. The van der Waals surface area contributed by atoms with E-state index in [0.717, 1.165) is 5.82 Å². The molecule has 2 heteroatoms. The summed E-state index contributed by atoms with van der Waals surface area (Å²) in [5.74, 6) is 1.09. The Balaban J connectivity index is 2.00. The van der Waals surface area contributed by atoms with Crippen LogP contribution in [0.1, 0.15) is 5.56 Å². The van der Waals surface area contributed by atoms with Crippen molar-refractivity contribution in [2.45, 2.75) is 0 Å². The number of aromatic nitrogens is 1. The van der Waals surface area contributed by atoms with Gasteiger partial charge in [-0.2, -0.15) is 0 Å².